The Morgan fingerprint density at radius 2 is 1.85 bits per heavy atom. The fourth-order valence-electron chi connectivity index (χ4n) is 2.03. The van der Waals surface area contributed by atoms with E-state index in [4.69, 9.17) is 44.6 Å². The first-order valence-electron chi connectivity index (χ1n) is 8.09. The number of aliphatic hydroxyl groups excluding tert-OH is 1. The van der Waals surface area contributed by atoms with Crippen LogP contribution in [0.4, 0.5) is 4.79 Å². The van der Waals surface area contributed by atoms with Gasteiger partial charge in [-0.3, -0.25) is 4.57 Å². The first kappa shape index (κ1) is 22.6. The van der Waals surface area contributed by atoms with Crippen molar-refractivity contribution in [1.29, 1.82) is 0 Å². The van der Waals surface area contributed by atoms with Crippen molar-refractivity contribution in [3.63, 3.8) is 0 Å². The van der Waals surface area contributed by atoms with Gasteiger partial charge in [-0.25, -0.2) is 9.78 Å². The van der Waals surface area contributed by atoms with Gasteiger partial charge in [0.15, 0.2) is 5.75 Å². The number of carbonyl (C=O) groups is 1. The van der Waals surface area contributed by atoms with Gasteiger partial charge in [-0.2, -0.15) is 0 Å². The van der Waals surface area contributed by atoms with E-state index in [1.165, 1.54) is 10.9 Å². The molecular formula is C17H22Cl3N3O3. The average molecular weight is 423 g/mol. The molecule has 0 unspecified atom stereocenters. The van der Waals surface area contributed by atoms with Crippen molar-refractivity contribution >= 4 is 40.8 Å². The molecule has 0 spiro atoms. The van der Waals surface area contributed by atoms with Gasteiger partial charge in [0.05, 0.1) is 16.6 Å². The molecular weight excluding hydrogens is 401 g/mol. The highest BCUT2D eigenvalue weighted by molar-refractivity contribution is 6.40. The van der Waals surface area contributed by atoms with E-state index in [0.717, 1.165) is 6.42 Å². The van der Waals surface area contributed by atoms with Gasteiger partial charge in [0.2, 0.25) is 0 Å². The number of amides is 1. The number of benzene rings is 1. The third-order valence-corrected chi connectivity index (χ3v) is 3.84. The van der Waals surface area contributed by atoms with Crippen LogP contribution in [-0.2, 0) is 0 Å². The van der Waals surface area contributed by atoms with Crippen molar-refractivity contribution in [2.45, 2.75) is 20.3 Å². The summed E-state index contributed by atoms with van der Waals surface area (Å²) in [4.78, 5) is 17.9. The Morgan fingerprint density at radius 3 is 2.35 bits per heavy atom. The second kappa shape index (κ2) is 12.0. The molecule has 1 heterocycles. The monoisotopic (exact) mass is 421 g/mol. The summed E-state index contributed by atoms with van der Waals surface area (Å²) in [5.41, 5.74) is 0. The molecule has 0 aliphatic heterocycles. The lowest BCUT2D eigenvalue weighted by molar-refractivity contribution is 0.184. The average Bonchev–Trinajstić information content (AvgIpc) is 3.10. The van der Waals surface area contributed by atoms with Crippen LogP contribution in [0.5, 0.6) is 5.75 Å². The number of carbonyl (C=O) groups excluding carboxylic acids is 1. The van der Waals surface area contributed by atoms with Gasteiger partial charge in [-0.05, 0) is 25.5 Å². The Balaban J connectivity index is 0.00000105. The molecule has 0 fully saturated rings. The Hall–Kier alpha value is -1.47. The van der Waals surface area contributed by atoms with Crippen LogP contribution in [0.2, 0.25) is 15.1 Å². The molecule has 144 valence electrons. The molecule has 2 aromatic rings. The van der Waals surface area contributed by atoms with Gasteiger partial charge in [-0.1, -0.05) is 41.7 Å². The number of aliphatic hydroxyl groups is 1. The maximum Gasteiger partial charge on any atom is 0.329 e. The van der Waals surface area contributed by atoms with Gasteiger partial charge < -0.3 is 14.7 Å². The summed E-state index contributed by atoms with van der Waals surface area (Å²) >= 11 is 18.0. The van der Waals surface area contributed by atoms with Crippen molar-refractivity contribution in [1.82, 2.24) is 14.5 Å². The zero-order valence-corrected chi connectivity index (χ0v) is 16.9. The Morgan fingerprint density at radius 1 is 1.23 bits per heavy atom. The normalized spacial score (nSPS) is 10.1. The van der Waals surface area contributed by atoms with Gasteiger partial charge in [0.25, 0.3) is 0 Å². The number of rotatable bonds is 6. The Bertz CT molecular complexity index is 658. The molecule has 1 aromatic heterocycles. The molecule has 0 atom stereocenters. The second-order valence-corrected chi connectivity index (χ2v) is 6.35. The molecule has 0 aliphatic rings. The minimum absolute atomic E-state index is 0.152. The van der Waals surface area contributed by atoms with Crippen LogP contribution in [0.25, 0.3) is 0 Å². The molecule has 2 rings (SSSR count). The van der Waals surface area contributed by atoms with Crippen molar-refractivity contribution < 1.29 is 14.6 Å². The summed E-state index contributed by atoms with van der Waals surface area (Å²) in [6, 6.07) is 2.97. The van der Waals surface area contributed by atoms with Crippen LogP contribution in [0.3, 0.4) is 0 Å². The molecule has 1 aromatic carbocycles. The highest BCUT2D eigenvalue weighted by atomic mass is 35.5. The summed E-state index contributed by atoms with van der Waals surface area (Å²) in [5.74, 6) is 0.365. The molecule has 0 radical (unpaired) electrons. The lowest BCUT2D eigenvalue weighted by Crippen LogP contribution is -2.37. The number of hydrogen-bond acceptors (Lipinski definition) is 4. The van der Waals surface area contributed by atoms with E-state index >= 15 is 0 Å². The Labute approximate surface area is 168 Å². The van der Waals surface area contributed by atoms with E-state index in [9.17, 15) is 4.79 Å². The Kier molecular flexibility index (Phi) is 10.4. The van der Waals surface area contributed by atoms with Crippen LogP contribution in [0.1, 0.15) is 20.3 Å². The maximum absolute atomic E-state index is 12.3. The lowest BCUT2D eigenvalue weighted by Gasteiger charge is -2.22. The molecule has 26 heavy (non-hydrogen) atoms. The van der Waals surface area contributed by atoms with Crippen LogP contribution in [0, 0.1) is 0 Å². The summed E-state index contributed by atoms with van der Waals surface area (Å²) in [6.07, 6.45) is 5.48. The largest absolute Gasteiger partial charge is 0.489 e. The fourth-order valence-corrected chi connectivity index (χ4v) is 2.96. The number of hydrogen-bond donors (Lipinski definition) is 1. The second-order valence-electron chi connectivity index (χ2n) is 5.10. The quantitative estimate of drug-likeness (QED) is 0.738. The van der Waals surface area contributed by atoms with Crippen LogP contribution >= 0.6 is 34.8 Å². The van der Waals surface area contributed by atoms with Crippen LogP contribution in [0.15, 0.2) is 30.9 Å². The van der Waals surface area contributed by atoms with Gasteiger partial charge in [0, 0.05) is 30.6 Å². The van der Waals surface area contributed by atoms with E-state index in [2.05, 4.69) is 4.98 Å². The van der Waals surface area contributed by atoms with Crippen LogP contribution < -0.4 is 4.74 Å². The molecule has 1 amide bonds. The first-order valence-corrected chi connectivity index (χ1v) is 9.23. The summed E-state index contributed by atoms with van der Waals surface area (Å²) < 4.78 is 7.05. The predicted octanol–water partition coefficient (Wildman–Crippen LogP) is 4.60. The lowest BCUT2D eigenvalue weighted by atomic mass is 10.3. The molecule has 0 bridgehead atoms. The fraction of sp³-hybridized carbons (Fsp3) is 0.412. The van der Waals surface area contributed by atoms with Gasteiger partial charge >= 0.3 is 6.03 Å². The van der Waals surface area contributed by atoms with Crippen LogP contribution in [-0.4, -0.2) is 51.9 Å². The number of imidazole rings is 1. The highest BCUT2D eigenvalue weighted by Gasteiger charge is 2.15. The number of aromatic nitrogens is 2. The van der Waals surface area contributed by atoms with E-state index in [1.54, 1.807) is 36.4 Å². The predicted molar refractivity (Wildman–Crippen MR) is 105 cm³/mol. The SMILES string of the molecule is CCCN(CCOc1c(Cl)cc(Cl)cc1Cl)C(=O)n1ccnc1.CCO. The minimum Gasteiger partial charge on any atom is -0.489 e. The highest BCUT2D eigenvalue weighted by Crippen LogP contribution is 2.35. The van der Waals surface area contributed by atoms with E-state index < -0.39 is 0 Å². The molecule has 0 aliphatic carbocycles. The topological polar surface area (TPSA) is 67.6 Å². The van der Waals surface area contributed by atoms with Gasteiger partial charge in [0.1, 0.15) is 12.9 Å². The number of nitrogens with zero attached hydrogens (tertiary/aromatic N) is 3. The molecule has 0 saturated carbocycles. The molecule has 9 heteroatoms. The third kappa shape index (κ3) is 7.03. The maximum atomic E-state index is 12.3. The molecule has 1 N–H and O–H groups in total. The molecule has 0 saturated heterocycles. The summed E-state index contributed by atoms with van der Waals surface area (Å²) in [6.45, 7) is 5.21. The number of halogens is 3. The van der Waals surface area contributed by atoms with Crippen molar-refractivity contribution in [2.75, 3.05) is 26.3 Å². The van der Waals surface area contributed by atoms with E-state index in [-0.39, 0.29) is 19.2 Å². The van der Waals surface area contributed by atoms with E-state index in [1.807, 2.05) is 6.92 Å². The summed E-state index contributed by atoms with van der Waals surface area (Å²) in [5, 5.41) is 8.69. The smallest absolute Gasteiger partial charge is 0.329 e. The van der Waals surface area contributed by atoms with Crippen molar-refractivity contribution in [3.8, 4) is 5.75 Å². The third-order valence-electron chi connectivity index (χ3n) is 3.06. The summed E-state index contributed by atoms with van der Waals surface area (Å²) in [7, 11) is 0. The zero-order chi connectivity index (χ0) is 19.5. The van der Waals surface area contributed by atoms with Crippen molar-refractivity contribution in [2.24, 2.45) is 0 Å². The molecule has 6 nitrogen and oxygen atoms in total. The zero-order valence-electron chi connectivity index (χ0n) is 14.7. The van der Waals surface area contributed by atoms with E-state index in [0.29, 0.717) is 33.9 Å². The van der Waals surface area contributed by atoms with Gasteiger partial charge in [-0.15, -0.1) is 0 Å². The minimum atomic E-state index is -0.152. The number of ether oxygens (including phenoxy) is 1. The van der Waals surface area contributed by atoms with Crippen molar-refractivity contribution in [3.05, 3.63) is 45.9 Å². The first-order chi connectivity index (χ1) is 12.4. The standard InChI is InChI=1S/C15H16Cl3N3O2.C2H6O/c1-2-4-20(15(22)21-5-3-19-10-21)6-7-23-14-12(17)8-11(16)9-13(14)18;1-2-3/h3,5,8-10H,2,4,6-7H2,1H3;3H,2H2,1H3.